The zero-order valence-corrected chi connectivity index (χ0v) is 12.4. The molecule has 1 aliphatic heterocycles. The first-order valence-corrected chi connectivity index (χ1v) is 7.64. The zero-order chi connectivity index (χ0) is 15.0. The number of aromatic nitrogens is 1. The van der Waals surface area contributed by atoms with E-state index in [1.165, 1.54) is 11.3 Å². The van der Waals surface area contributed by atoms with Crippen molar-refractivity contribution >= 4 is 34.3 Å². The number of nitrogens with one attached hydrogen (secondary N) is 1. The van der Waals surface area contributed by atoms with Gasteiger partial charge in [0.25, 0.3) is 0 Å². The number of ether oxygens (including phenoxy) is 1. The number of nitrogens with zero attached hydrogens (tertiary/aromatic N) is 2. The Morgan fingerprint density at radius 2 is 2.14 bits per heavy atom. The van der Waals surface area contributed by atoms with Gasteiger partial charge in [0.05, 0.1) is 12.3 Å². The highest BCUT2D eigenvalue weighted by Crippen LogP contribution is 2.40. The van der Waals surface area contributed by atoms with Gasteiger partial charge in [0.15, 0.2) is 5.13 Å². The molecule has 0 radical (unpaired) electrons. The Hall–Kier alpha value is -1.96. The first kappa shape index (κ1) is 14.0. The lowest BCUT2D eigenvalue weighted by molar-refractivity contribution is -0.145. The van der Waals surface area contributed by atoms with Gasteiger partial charge in [0.1, 0.15) is 19.0 Å². The van der Waals surface area contributed by atoms with Gasteiger partial charge in [-0.1, -0.05) is 0 Å². The van der Waals surface area contributed by atoms with Crippen molar-refractivity contribution in [3.05, 3.63) is 10.6 Å². The number of carbonyl (C=O) groups excluding carboxylic acids is 3. The van der Waals surface area contributed by atoms with Gasteiger partial charge in [-0.25, -0.2) is 4.98 Å². The number of esters is 1. The molecule has 1 aromatic rings. The van der Waals surface area contributed by atoms with Crippen LogP contribution >= 0.6 is 11.3 Å². The highest BCUT2D eigenvalue weighted by molar-refractivity contribution is 7.15. The highest BCUT2D eigenvalue weighted by Gasteiger charge is 2.35. The Kier molecular flexibility index (Phi) is 3.62. The number of anilines is 1. The van der Waals surface area contributed by atoms with E-state index in [-0.39, 0.29) is 36.8 Å². The number of hydrogen-bond acceptors (Lipinski definition) is 7. The van der Waals surface area contributed by atoms with E-state index in [1.54, 1.807) is 11.8 Å². The Morgan fingerprint density at radius 1 is 1.43 bits per heavy atom. The second kappa shape index (κ2) is 5.44. The summed E-state index contributed by atoms with van der Waals surface area (Å²) >= 11 is 1.45. The molecule has 0 saturated carbocycles. The lowest BCUT2D eigenvalue weighted by atomic mass is 10.1. The second-order valence-corrected chi connectivity index (χ2v) is 6.04. The van der Waals surface area contributed by atoms with Gasteiger partial charge in [0.2, 0.25) is 11.8 Å². The van der Waals surface area contributed by atoms with Crippen LogP contribution in [0.5, 0.6) is 0 Å². The van der Waals surface area contributed by atoms with Crippen molar-refractivity contribution in [1.29, 1.82) is 0 Å². The van der Waals surface area contributed by atoms with Crippen LogP contribution in [-0.4, -0.2) is 42.5 Å². The summed E-state index contributed by atoms with van der Waals surface area (Å²) in [4.78, 5) is 41.9. The zero-order valence-electron chi connectivity index (χ0n) is 11.5. The van der Waals surface area contributed by atoms with Crippen molar-refractivity contribution in [1.82, 2.24) is 10.3 Å². The van der Waals surface area contributed by atoms with Gasteiger partial charge >= 0.3 is 5.97 Å². The van der Waals surface area contributed by atoms with Gasteiger partial charge in [-0.3, -0.25) is 19.7 Å². The molecule has 2 amide bonds. The summed E-state index contributed by atoms with van der Waals surface area (Å²) in [6.07, 6.45) is 1.50. The SMILES string of the molecule is CCOC(=O)C1CCc2sc(N3CC(=O)NC(=O)C3)nc21. The van der Waals surface area contributed by atoms with Gasteiger partial charge in [-0.15, -0.1) is 11.3 Å². The summed E-state index contributed by atoms with van der Waals surface area (Å²) in [5, 5.41) is 2.88. The summed E-state index contributed by atoms with van der Waals surface area (Å²) in [5.41, 5.74) is 0.742. The number of carbonyl (C=O) groups is 3. The van der Waals surface area contributed by atoms with Crippen molar-refractivity contribution < 1.29 is 19.1 Å². The minimum absolute atomic E-state index is 0.113. The summed E-state index contributed by atoms with van der Waals surface area (Å²) in [7, 11) is 0. The maximum atomic E-state index is 11.9. The van der Waals surface area contributed by atoms with E-state index < -0.39 is 0 Å². The molecule has 3 rings (SSSR count). The minimum atomic E-state index is -0.330. The summed E-state index contributed by atoms with van der Waals surface area (Å²) < 4.78 is 5.07. The Balaban J connectivity index is 1.81. The van der Waals surface area contributed by atoms with Gasteiger partial charge < -0.3 is 9.64 Å². The van der Waals surface area contributed by atoms with E-state index in [9.17, 15) is 14.4 Å². The Bertz CT molecular complexity index is 597. The van der Waals surface area contributed by atoms with Crippen molar-refractivity contribution in [3.63, 3.8) is 0 Å². The lowest BCUT2D eigenvalue weighted by Crippen LogP contribution is -2.51. The van der Waals surface area contributed by atoms with Crippen LogP contribution in [0.3, 0.4) is 0 Å². The first-order chi connectivity index (χ1) is 10.1. The predicted molar refractivity (Wildman–Crippen MR) is 75.2 cm³/mol. The molecule has 1 atom stereocenters. The molecule has 7 nitrogen and oxygen atoms in total. The lowest BCUT2D eigenvalue weighted by Gasteiger charge is -2.24. The number of fused-ring (bicyclic) bond motifs is 1. The third-order valence-electron chi connectivity index (χ3n) is 3.50. The molecule has 1 aliphatic carbocycles. The van der Waals surface area contributed by atoms with Crippen LogP contribution in [0, 0.1) is 0 Å². The van der Waals surface area contributed by atoms with E-state index >= 15 is 0 Å². The Labute approximate surface area is 125 Å². The average Bonchev–Trinajstić information content (AvgIpc) is 2.96. The number of amides is 2. The smallest absolute Gasteiger partial charge is 0.315 e. The molecule has 1 fully saturated rings. The summed E-state index contributed by atoms with van der Waals surface area (Å²) in [6.45, 7) is 2.35. The van der Waals surface area contributed by atoms with Crippen LogP contribution in [0.15, 0.2) is 0 Å². The fraction of sp³-hybridized carbons (Fsp3) is 0.538. The van der Waals surface area contributed by atoms with Crippen LogP contribution in [0.1, 0.15) is 29.8 Å². The number of aryl methyl sites for hydroxylation is 1. The molecule has 0 bridgehead atoms. The van der Waals surface area contributed by atoms with Crippen LogP contribution in [-0.2, 0) is 25.5 Å². The third kappa shape index (κ3) is 2.63. The average molecular weight is 309 g/mol. The maximum Gasteiger partial charge on any atom is 0.315 e. The molecule has 112 valence electrons. The van der Waals surface area contributed by atoms with Crippen molar-refractivity contribution in [2.45, 2.75) is 25.7 Å². The molecular weight excluding hydrogens is 294 g/mol. The number of thiazole rings is 1. The molecule has 1 N–H and O–H groups in total. The number of rotatable bonds is 3. The number of imide groups is 1. The molecule has 1 unspecified atom stereocenters. The fourth-order valence-corrected chi connectivity index (χ4v) is 3.73. The standard InChI is InChI=1S/C13H15N3O4S/c1-2-20-12(19)7-3-4-8-11(7)15-13(21-8)16-5-9(17)14-10(18)6-16/h7H,2-6H2,1H3,(H,14,17,18). The normalized spacial score (nSPS) is 21.2. The quantitative estimate of drug-likeness (QED) is 0.634. The third-order valence-corrected chi connectivity index (χ3v) is 4.69. The second-order valence-electron chi connectivity index (χ2n) is 4.98. The molecule has 2 heterocycles. The molecule has 0 spiro atoms. The molecule has 1 saturated heterocycles. The maximum absolute atomic E-state index is 11.9. The minimum Gasteiger partial charge on any atom is -0.465 e. The van der Waals surface area contributed by atoms with Crippen molar-refractivity contribution in [3.8, 4) is 0 Å². The fourth-order valence-electron chi connectivity index (χ4n) is 2.59. The highest BCUT2D eigenvalue weighted by atomic mass is 32.1. The molecule has 1 aromatic heterocycles. The van der Waals surface area contributed by atoms with Crippen LogP contribution in [0.2, 0.25) is 0 Å². The summed E-state index contributed by atoms with van der Waals surface area (Å²) in [5.74, 6) is -1.23. The molecule has 2 aliphatic rings. The topological polar surface area (TPSA) is 88.6 Å². The Morgan fingerprint density at radius 3 is 2.81 bits per heavy atom. The van der Waals surface area contributed by atoms with Crippen LogP contribution < -0.4 is 10.2 Å². The molecule has 0 aromatic carbocycles. The predicted octanol–water partition coefficient (Wildman–Crippen LogP) is 0.199. The van der Waals surface area contributed by atoms with Crippen LogP contribution in [0.25, 0.3) is 0 Å². The van der Waals surface area contributed by atoms with E-state index in [4.69, 9.17) is 4.74 Å². The van der Waals surface area contributed by atoms with E-state index in [2.05, 4.69) is 10.3 Å². The van der Waals surface area contributed by atoms with E-state index in [1.807, 2.05) is 0 Å². The van der Waals surface area contributed by atoms with Crippen molar-refractivity contribution in [2.75, 3.05) is 24.6 Å². The largest absolute Gasteiger partial charge is 0.465 e. The molecule has 21 heavy (non-hydrogen) atoms. The number of hydrogen-bond donors (Lipinski definition) is 1. The summed E-state index contributed by atoms with van der Waals surface area (Å²) in [6, 6.07) is 0. The first-order valence-electron chi connectivity index (χ1n) is 6.82. The van der Waals surface area contributed by atoms with Gasteiger partial charge in [-0.2, -0.15) is 0 Å². The number of piperazine rings is 1. The van der Waals surface area contributed by atoms with Gasteiger partial charge in [-0.05, 0) is 19.8 Å². The van der Waals surface area contributed by atoms with E-state index in [0.717, 1.165) is 17.0 Å². The van der Waals surface area contributed by atoms with Gasteiger partial charge in [0, 0.05) is 4.88 Å². The van der Waals surface area contributed by atoms with Crippen molar-refractivity contribution in [2.24, 2.45) is 0 Å². The molecule has 8 heteroatoms. The van der Waals surface area contributed by atoms with Crippen LogP contribution in [0.4, 0.5) is 5.13 Å². The van der Waals surface area contributed by atoms with E-state index in [0.29, 0.717) is 18.2 Å². The monoisotopic (exact) mass is 309 g/mol. The molecular formula is C13H15N3O4S.